The Hall–Kier alpha value is -6.25. The molecule has 0 radical (unpaired) electrons. The Morgan fingerprint density at radius 1 is 0.951 bits per heavy atom. The largest absolute Gasteiger partial charge is 0.455 e. The first-order valence-electron chi connectivity index (χ1n) is 20.9. The first-order valence-corrected chi connectivity index (χ1v) is 22.4. The Kier molecular flexibility index (Phi) is 10.7. The average Bonchev–Trinajstić information content (AvgIpc) is 3.79. The number of benzene rings is 4. The number of ether oxygens (including phenoxy) is 1. The molecule has 2 aromatic heterocycles. The molecular weight excluding hydrogens is 793 g/mol. The zero-order valence-electron chi connectivity index (χ0n) is 33.8. The Bertz CT molecular complexity index is 2720. The third-order valence-corrected chi connectivity index (χ3v) is 13.8. The number of nitro benzene ring substituents is 1. The van der Waals surface area contributed by atoms with E-state index in [0.29, 0.717) is 42.7 Å². The van der Waals surface area contributed by atoms with E-state index in [1.807, 2.05) is 25.1 Å². The number of H-pyrrole nitrogens is 1. The zero-order valence-corrected chi connectivity index (χ0v) is 34.7. The van der Waals surface area contributed by atoms with E-state index in [1.54, 1.807) is 24.4 Å². The second-order valence-electron chi connectivity index (χ2n) is 16.9. The van der Waals surface area contributed by atoms with Gasteiger partial charge in [-0.25, -0.2) is 18.1 Å². The van der Waals surface area contributed by atoms with Crippen molar-refractivity contribution >= 4 is 44.0 Å². The number of aliphatic hydroxyl groups is 1. The topological polar surface area (TPSA) is 180 Å². The van der Waals surface area contributed by atoms with Crippen LogP contribution >= 0.6 is 0 Å². The van der Waals surface area contributed by atoms with Gasteiger partial charge < -0.3 is 25.0 Å². The van der Waals surface area contributed by atoms with E-state index < -0.39 is 37.0 Å². The van der Waals surface area contributed by atoms with Gasteiger partial charge in [-0.05, 0) is 141 Å². The van der Waals surface area contributed by atoms with Crippen molar-refractivity contribution in [2.24, 2.45) is 5.92 Å². The molecule has 3 aliphatic rings. The van der Waals surface area contributed by atoms with E-state index in [4.69, 9.17) is 4.74 Å². The highest BCUT2D eigenvalue weighted by atomic mass is 32.2. The second-order valence-corrected chi connectivity index (χ2v) is 18.6. The zero-order chi connectivity index (χ0) is 42.3. The first-order chi connectivity index (χ1) is 29.4. The minimum absolute atomic E-state index is 0.0633. The molecule has 6 aromatic rings. The molecule has 0 unspecified atom stereocenters. The SMILES string of the molecule is C[C@]1(O)CC[C@H](CNc2ccc(S(=O)(=O)NC(=O)c3ccc(-c4ccc(N5CCC[C@H]5c5ccccc5C5CC5)cc4)cc3Oc3cnc4[nH]ccc4c3)cc2[N+](=O)[O-])CC1. The number of anilines is 2. The van der Waals surface area contributed by atoms with Crippen LogP contribution in [0.4, 0.5) is 17.1 Å². The number of hydrogen-bond acceptors (Lipinski definition) is 10. The second kappa shape index (κ2) is 16.3. The highest BCUT2D eigenvalue weighted by molar-refractivity contribution is 7.90. The highest BCUT2D eigenvalue weighted by Gasteiger charge is 2.33. The summed E-state index contributed by atoms with van der Waals surface area (Å²) in [7, 11) is -4.58. The first kappa shape index (κ1) is 40.2. The van der Waals surface area contributed by atoms with E-state index in [1.165, 1.54) is 48.4 Å². The quantitative estimate of drug-likeness (QED) is 0.0646. The van der Waals surface area contributed by atoms with E-state index in [-0.39, 0.29) is 22.9 Å². The molecule has 61 heavy (non-hydrogen) atoms. The Labute approximate surface area is 354 Å². The van der Waals surface area contributed by atoms with E-state index in [0.717, 1.165) is 60.5 Å². The molecule has 1 amide bonds. The smallest absolute Gasteiger partial charge is 0.293 e. The highest BCUT2D eigenvalue weighted by Crippen LogP contribution is 2.47. The van der Waals surface area contributed by atoms with Crippen LogP contribution < -0.4 is 19.7 Å². The van der Waals surface area contributed by atoms with Gasteiger partial charge in [0, 0.05) is 36.4 Å². The van der Waals surface area contributed by atoms with Gasteiger partial charge in [0.15, 0.2) is 0 Å². The van der Waals surface area contributed by atoms with Gasteiger partial charge >= 0.3 is 0 Å². The third-order valence-electron chi connectivity index (χ3n) is 12.5. The summed E-state index contributed by atoms with van der Waals surface area (Å²) in [5.74, 6) is 0.319. The summed E-state index contributed by atoms with van der Waals surface area (Å²) >= 11 is 0. The number of fused-ring (bicyclic) bond motifs is 1. The lowest BCUT2D eigenvalue weighted by molar-refractivity contribution is -0.384. The van der Waals surface area contributed by atoms with Crippen LogP contribution in [-0.4, -0.2) is 53.0 Å². The molecule has 2 saturated carbocycles. The summed E-state index contributed by atoms with van der Waals surface area (Å²) in [5, 5.41) is 26.3. The predicted molar refractivity (Wildman–Crippen MR) is 235 cm³/mol. The fourth-order valence-corrected chi connectivity index (χ4v) is 9.86. The maximum absolute atomic E-state index is 13.9. The predicted octanol–water partition coefficient (Wildman–Crippen LogP) is 9.62. The molecule has 1 atom stereocenters. The molecule has 314 valence electrons. The molecule has 3 fully saturated rings. The summed E-state index contributed by atoms with van der Waals surface area (Å²) in [5.41, 5.74) is 5.25. The van der Waals surface area contributed by atoms with Crippen LogP contribution in [0.2, 0.25) is 0 Å². The number of nitro groups is 1. The van der Waals surface area contributed by atoms with E-state index >= 15 is 0 Å². The summed E-state index contributed by atoms with van der Waals surface area (Å²) in [6.07, 6.45) is 10.8. The molecule has 1 saturated heterocycles. The van der Waals surface area contributed by atoms with Crippen molar-refractivity contribution < 1.29 is 28.0 Å². The number of amides is 1. The monoisotopic (exact) mass is 840 g/mol. The van der Waals surface area contributed by atoms with Crippen molar-refractivity contribution in [3.8, 4) is 22.6 Å². The van der Waals surface area contributed by atoms with E-state index in [2.05, 4.69) is 61.3 Å². The number of nitrogens with one attached hydrogen (secondary N) is 3. The number of rotatable bonds is 13. The number of aromatic nitrogens is 2. The Morgan fingerprint density at radius 3 is 2.46 bits per heavy atom. The molecule has 14 heteroatoms. The van der Waals surface area contributed by atoms with Crippen LogP contribution in [0.15, 0.2) is 114 Å². The number of carbonyl (C=O) groups excluding carboxylic acids is 1. The van der Waals surface area contributed by atoms with Crippen LogP contribution in [0, 0.1) is 16.0 Å². The van der Waals surface area contributed by atoms with Crippen LogP contribution in [-0.2, 0) is 10.0 Å². The number of pyridine rings is 1. The minimum Gasteiger partial charge on any atom is -0.455 e. The van der Waals surface area contributed by atoms with Crippen LogP contribution in [0.3, 0.4) is 0 Å². The maximum Gasteiger partial charge on any atom is 0.293 e. The summed E-state index contributed by atoms with van der Waals surface area (Å²) in [4.78, 5) is 34.9. The minimum atomic E-state index is -4.58. The van der Waals surface area contributed by atoms with Gasteiger partial charge in [-0.15, -0.1) is 0 Å². The number of sulfonamides is 1. The molecular formula is C47H48N6O7S. The normalized spacial score (nSPS) is 20.4. The molecule has 4 aromatic carbocycles. The molecule has 0 bridgehead atoms. The Morgan fingerprint density at radius 2 is 1.70 bits per heavy atom. The van der Waals surface area contributed by atoms with Crippen molar-refractivity contribution in [1.82, 2.24) is 14.7 Å². The molecule has 0 spiro atoms. The average molecular weight is 841 g/mol. The summed E-state index contributed by atoms with van der Waals surface area (Å²) < 4.78 is 35.8. The van der Waals surface area contributed by atoms with E-state index in [9.17, 15) is 28.4 Å². The van der Waals surface area contributed by atoms with Gasteiger partial charge in [0.25, 0.3) is 21.6 Å². The number of hydrogen-bond donors (Lipinski definition) is 4. The Balaban J connectivity index is 0.966. The van der Waals surface area contributed by atoms with Crippen molar-refractivity contribution in [1.29, 1.82) is 0 Å². The molecule has 2 aliphatic carbocycles. The van der Waals surface area contributed by atoms with Crippen LogP contribution in [0.5, 0.6) is 11.5 Å². The third kappa shape index (κ3) is 8.68. The number of carbonyl (C=O) groups is 1. The number of aromatic amines is 1. The maximum atomic E-state index is 13.9. The molecule has 9 rings (SSSR count). The molecule has 13 nitrogen and oxygen atoms in total. The fourth-order valence-electron chi connectivity index (χ4n) is 8.87. The lowest BCUT2D eigenvalue weighted by atomic mass is 9.80. The van der Waals surface area contributed by atoms with Gasteiger partial charge in [0.05, 0.1) is 33.2 Å². The lowest BCUT2D eigenvalue weighted by Gasteiger charge is -2.33. The fraction of sp³-hybridized carbons (Fsp3) is 0.319. The van der Waals surface area contributed by atoms with Gasteiger partial charge in [-0.3, -0.25) is 14.9 Å². The van der Waals surface area contributed by atoms with Crippen molar-refractivity contribution in [2.45, 2.75) is 80.7 Å². The lowest BCUT2D eigenvalue weighted by Crippen LogP contribution is -2.32. The van der Waals surface area contributed by atoms with Crippen molar-refractivity contribution in [2.75, 3.05) is 23.3 Å². The van der Waals surface area contributed by atoms with Gasteiger partial charge in [-0.2, -0.15) is 0 Å². The van der Waals surface area contributed by atoms with Gasteiger partial charge in [-0.1, -0.05) is 42.5 Å². The van der Waals surface area contributed by atoms with Crippen LogP contribution in [0.25, 0.3) is 22.2 Å². The number of nitrogens with zero attached hydrogens (tertiary/aromatic N) is 3. The van der Waals surface area contributed by atoms with Crippen molar-refractivity contribution in [3.05, 3.63) is 136 Å². The van der Waals surface area contributed by atoms with Gasteiger partial charge in [0.1, 0.15) is 22.8 Å². The standard InChI is InChI=1S/C47H48N6O7S/c1-47(55)21-18-30(19-22-47)28-49-41-17-15-37(27-43(41)53(56)57)61(58,59)51-46(54)40-16-12-33(26-44(40)60-36-25-34-20-23-48-45(34)50-29-36)31-10-13-35(14-11-31)52-24-4-7-42(52)39-6-3-2-5-38(39)32-8-9-32/h2-3,5-6,10-17,20,23,25-27,29-30,32,42,49,55H,4,7-9,18-19,21-22,24,28H2,1H3,(H,48,50)(H,51,54)/t30-,42-,47-/m0/s1. The molecule has 1 aliphatic heterocycles. The summed E-state index contributed by atoms with van der Waals surface area (Å²) in [6, 6.07) is 29.5. The van der Waals surface area contributed by atoms with Crippen molar-refractivity contribution in [3.63, 3.8) is 0 Å². The van der Waals surface area contributed by atoms with Crippen LogP contribution in [0.1, 0.15) is 91.7 Å². The summed E-state index contributed by atoms with van der Waals surface area (Å²) in [6.45, 7) is 3.21. The molecule has 3 heterocycles. The molecule has 4 N–H and O–H groups in total. The van der Waals surface area contributed by atoms with Gasteiger partial charge in [0.2, 0.25) is 0 Å².